The van der Waals surface area contributed by atoms with Gasteiger partial charge in [0, 0.05) is 18.5 Å². The summed E-state index contributed by atoms with van der Waals surface area (Å²) in [6.07, 6.45) is 6.51. The molecule has 3 heterocycles. The topological polar surface area (TPSA) is 29.0 Å². The van der Waals surface area contributed by atoms with Crippen molar-refractivity contribution in [2.24, 2.45) is 0 Å². The molecular formula is C14H18ClN3S. The van der Waals surface area contributed by atoms with E-state index in [4.69, 9.17) is 11.6 Å². The number of piperidine rings is 1. The molecule has 5 heteroatoms. The minimum Gasteiger partial charge on any atom is -0.352 e. The Balaban J connectivity index is 2.01. The Hall–Kier alpha value is -0.870. The zero-order valence-electron chi connectivity index (χ0n) is 11.1. The standard InChI is InChI=1S/C14H18ClN3S/c1-10-8-19-13-12(10)16-9-17-14(13)18-7-3-2-4-11(18)5-6-15/h8-9,11H,2-7H2,1H3. The third-order valence-electron chi connectivity index (χ3n) is 3.85. The van der Waals surface area contributed by atoms with Gasteiger partial charge >= 0.3 is 0 Å². The van der Waals surface area contributed by atoms with E-state index in [1.54, 1.807) is 17.7 Å². The number of thiophene rings is 1. The predicted molar refractivity (Wildman–Crippen MR) is 82.5 cm³/mol. The number of aromatic nitrogens is 2. The van der Waals surface area contributed by atoms with Crippen LogP contribution < -0.4 is 4.90 Å². The van der Waals surface area contributed by atoms with Gasteiger partial charge in [-0.3, -0.25) is 0 Å². The summed E-state index contributed by atoms with van der Waals surface area (Å²) in [6, 6.07) is 0.534. The Morgan fingerprint density at radius 1 is 1.42 bits per heavy atom. The summed E-state index contributed by atoms with van der Waals surface area (Å²) < 4.78 is 1.22. The van der Waals surface area contributed by atoms with Crippen molar-refractivity contribution in [1.82, 2.24) is 9.97 Å². The van der Waals surface area contributed by atoms with Gasteiger partial charge in [0.1, 0.15) is 12.1 Å². The summed E-state index contributed by atoms with van der Waals surface area (Å²) in [5.74, 6) is 1.83. The molecule has 0 aromatic carbocycles. The van der Waals surface area contributed by atoms with Gasteiger partial charge in [0.25, 0.3) is 0 Å². The highest BCUT2D eigenvalue weighted by Crippen LogP contribution is 2.34. The van der Waals surface area contributed by atoms with Crippen LogP contribution in [-0.4, -0.2) is 28.4 Å². The molecule has 1 aliphatic rings. The van der Waals surface area contributed by atoms with E-state index in [2.05, 4.69) is 27.2 Å². The lowest BCUT2D eigenvalue weighted by molar-refractivity contribution is 0.449. The van der Waals surface area contributed by atoms with Gasteiger partial charge in [-0.2, -0.15) is 0 Å². The van der Waals surface area contributed by atoms with E-state index in [1.165, 1.54) is 29.5 Å². The van der Waals surface area contributed by atoms with Crippen molar-refractivity contribution in [2.45, 2.75) is 38.6 Å². The first kappa shape index (κ1) is 13.1. The Morgan fingerprint density at radius 3 is 3.16 bits per heavy atom. The van der Waals surface area contributed by atoms with Gasteiger partial charge in [-0.15, -0.1) is 22.9 Å². The molecule has 2 aromatic heterocycles. The quantitative estimate of drug-likeness (QED) is 0.802. The van der Waals surface area contributed by atoms with E-state index in [0.29, 0.717) is 6.04 Å². The third kappa shape index (κ3) is 2.43. The van der Waals surface area contributed by atoms with Gasteiger partial charge in [0.15, 0.2) is 0 Å². The Kier molecular flexibility index (Phi) is 3.89. The highest BCUT2D eigenvalue weighted by Gasteiger charge is 2.25. The molecule has 0 spiro atoms. The van der Waals surface area contributed by atoms with Crippen molar-refractivity contribution in [2.75, 3.05) is 17.3 Å². The predicted octanol–water partition coefficient (Wildman–Crippen LogP) is 3.99. The van der Waals surface area contributed by atoms with Crippen molar-refractivity contribution in [3.63, 3.8) is 0 Å². The number of nitrogens with zero attached hydrogens (tertiary/aromatic N) is 3. The van der Waals surface area contributed by atoms with Gasteiger partial charge in [-0.1, -0.05) is 0 Å². The highest BCUT2D eigenvalue weighted by molar-refractivity contribution is 7.18. The van der Waals surface area contributed by atoms with Crippen LogP contribution in [0.4, 0.5) is 5.82 Å². The Bertz CT molecular complexity index is 567. The van der Waals surface area contributed by atoms with Crippen molar-refractivity contribution < 1.29 is 0 Å². The fraction of sp³-hybridized carbons (Fsp3) is 0.571. The van der Waals surface area contributed by atoms with E-state index in [9.17, 15) is 0 Å². The molecule has 0 amide bonds. The molecule has 0 N–H and O–H groups in total. The average Bonchev–Trinajstić information content (AvgIpc) is 2.82. The number of hydrogen-bond acceptors (Lipinski definition) is 4. The summed E-state index contributed by atoms with van der Waals surface area (Å²) in [7, 11) is 0. The third-order valence-corrected chi connectivity index (χ3v) is 5.15. The summed E-state index contributed by atoms with van der Waals surface area (Å²) in [5.41, 5.74) is 2.35. The zero-order valence-corrected chi connectivity index (χ0v) is 12.7. The average molecular weight is 296 g/mol. The van der Waals surface area contributed by atoms with Crippen LogP contribution in [0.2, 0.25) is 0 Å². The molecule has 1 fully saturated rings. The molecule has 1 atom stereocenters. The molecule has 19 heavy (non-hydrogen) atoms. The maximum Gasteiger partial charge on any atom is 0.150 e. The lowest BCUT2D eigenvalue weighted by atomic mass is 10.00. The molecular weight excluding hydrogens is 278 g/mol. The fourth-order valence-electron chi connectivity index (χ4n) is 2.87. The van der Waals surface area contributed by atoms with E-state index < -0.39 is 0 Å². The van der Waals surface area contributed by atoms with Gasteiger partial charge in [0.2, 0.25) is 0 Å². The van der Waals surface area contributed by atoms with Crippen molar-refractivity contribution in [3.05, 3.63) is 17.3 Å². The van der Waals surface area contributed by atoms with Crippen molar-refractivity contribution >= 4 is 39.0 Å². The minimum absolute atomic E-state index is 0.534. The lowest BCUT2D eigenvalue weighted by Crippen LogP contribution is -2.40. The van der Waals surface area contributed by atoms with E-state index in [-0.39, 0.29) is 0 Å². The number of alkyl halides is 1. The van der Waals surface area contributed by atoms with Crippen molar-refractivity contribution in [1.29, 1.82) is 0 Å². The van der Waals surface area contributed by atoms with Gasteiger partial charge < -0.3 is 4.90 Å². The highest BCUT2D eigenvalue weighted by atomic mass is 35.5. The van der Waals surface area contributed by atoms with Gasteiger partial charge in [-0.05, 0) is 43.6 Å². The molecule has 2 aromatic rings. The molecule has 0 aliphatic carbocycles. The summed E-state index contributed by atoms with van der Waals surface area (Å²) >= 11 is 7.71. The number of anilines is 1. The molecule has 0 bridgehead atoms. The second kappa shape index (κ2) is 5.63. The fourth-order valence-corrected chi connectivity index (χ4v) is 4.13. The zero-order chi connectivity index (χ0) is 13.2. The van der Waals surface area contributed by atoms with Gasteiger partial charge in [-0.25, -0.2) is 9.97 Å². The molecule has 0 saturated carbocycles. The normalized spacial score (nSPS) is 20.1. The van der Waals surface area contributed by atoms with Crippen molar-refractivity contribution in [3.8, 4) is 0 Å². The number of aryl methyl sites for hydroxylation is 1. The maximum absolute atomic E-state index is 5.95. The molecule has 3 rings (SSSR count). The van der Waals surface area contributed by atoms with Gasteiger partial charge in [0.05, 0.1) is 10.2 Å². The van der Waals surface area contributed by atoms with E-state index >= 15 is 0 Å². The number of rotatable bonds is 3. The number of halogens is 1. The lowest BCUT2D eigenvalue weighted by Gasteiger charge is -2.36. The minimum atomic E-state index is 0.534. The van der Waals surface area contributed by atoms with Crippen LogP contribution in [0.5, 0.6) is 0 Å². The van der Waals surface area contributed by atoms with Crippen LogP contribution in [-0.2, 0) is 0 Å². The van der Waals surface area contributed by atoms with Crippen LogP contribution in [0, 0.1) is 6.92 Å². The number of fused-ring (bicyclic) bond motifs is 1. The second-order valence-electron chi connectivity index (χ2n) is 5.11. The molecule has 3 nitrogen and oxygen atoms in total. The monoisotopic (exact) mass is 295 g/mol. The summed E-state index contributed by atoms with van der Waals surface area (Å²) in [4.78, 5) is 11.4. The number of hydrogen-bond donors (Lipinski definition) is 0. The molecule has 102 valence electrons. The molecule has 0 radical (unpaired) electrons. The van der Waals surface area contributed by atoms with Crippen LogP contribution in [0.15, 0.2) is 11.7 Å². The Labute approximate surface area is 122 Å². The first-order valence-electron chi connectivity index (χ1n) is 6.82. The Morgan fingerprint density at radius 2 is 2.32 bits per heavy atom. The largest absolute Gasteiger partial charge is 0.352 e. The summed E-state index contributed by atoms with van der Waals surface area (Å²) in [6.45, 7) is 3.20. The van der Waals surface area contributed by atoms with Crippen LogP contribution in [0.25, 0.3) is 10.2 Å². The van der Waals surface area contributed by atoms with Crippen LogP contribution in [0.3, 0.4) is 0 Å². The molecule has 1 aliphatic heterocycles. The van der Waals surface area contributed by atoms with Crippen LogP contribution in [0.1, 0.15) is 31.2 Å². The summed E-state index contributed by atoms with van der Waals surface area (Å²) in [5, 5.41) is 2.17. The molecule has 1 saturated heterocycles. The first-order chi connectivity index (χ1) is 9.31. The SMILES string of the molecule is Cc1csc2c(N3CCCCC3CCCl)ncnc12. The molecule has 1 unspecified atom stereocenters. The smallest absolute Gasteiger partial charge is 0.150 e. The van der Waals surface area contributed by atoms with E-state index in [1.807, 2.05) is 0 Å². The maximum atomic E-state index is 5.95. The van der Waals surface area contributed by atoms with E-state index in [0.717, 1.165) is 30.2 Å². The second-order valence-corrected chi connectivity index (χ2v) is 6.37. The first-order valence-corrected chi connectivity index (χ1v) is 8.24. The van der Waals surface area contributed by atoms with Crippen LogP contribution >= 0.6 is 22.9 Å².